The van der Waals surface area contributed by atoms with Crippen LogP contribution in [0.15, 0.2) is 6.07 Å². The van der Waals surface area contributed by atoms with Crippen molar-refractivity contribution in [3.05, 3.63) is 11.9 Å². The normalized spacial score (nSPS) is 20.5. The lowest BCUT2D eigenvalue weighted by Gasteiger charge is -2.32. The van der Waals surface area contributed by atoms with Crippen molar-refractivity contribution in [3.8, 4) is 0 Å². The molecule has 0 radical (unpaired) electrons. The summed E-state index contributed by atoms with van der Waals surface area (Å²) >= 11 is 0. The lowest BCUT2D eigenvalue weighted by Crippen LogP contribution is -2.39. The zero-order chi connectivity index (χ0) is 14.7. The molecule has 4 N–H and O–H groups in total. The third-order valence-electron chi connectivity index (χ3n) is 4.31. The minimum Gasteiger partial charge on any atom is -0.367 e. The second-order valence-corrected chi connectivity index (χ2v) is 6.18. The Kier molecular flexibility index (Phi) is 4.55. The first-order valence-electron chi connectivity index (χ1n) is 8.13. The number of hydrazine groups is 1. The van der Waals surface area contributed by atoms with Gasteiger partial charge in [-0.2, -0.15) is 0 Å². The molecule has 1 aromatic heterocycles. The number of hydrogen-bond donors (Lipinski definition) is 3. The van der Waals surface area contributed by atoms with Gasteiger partial charge in [-0.15, -0.1) is 0 Å². The third kappa shape index (κ3) is 3.83. The molecule has 2 heterocycles. The Bertz CT molecular complexity index is 465. The fourth-order valence-electron chi connectivity index (χ4n) is 2.96. The predicted octanol–water partition coefficient (Wildman–Crippen LogP) is 1.93. The second-order valence-electron chi connectivity index (χ2n) is 6.18. The zero-order valence-electron chi connectivity index (χ0n) is 12.8. The van der Waals surface area contributed by atoms with Crippen LogP contribution >= 0.6 is 0 Å². The van der Waals surface area contributed by atoms with Crippen LogP contribution in [0.25, 0.3) is 0 Å². The molecule has 116 valence electrons. The number of piperidine rings is 1. The van der Waals surface area contributed by atoms with Gasteiger partial charge in [-0.25, -0.2) is 15.8 Å². The van der Waals surface area contributed by atoms with Gasteiger partial charge >= 0.3 is 0 Å². The fourth-order valence-corrected chi connectivity index (χ4v) is 2.96. The van der Waals surface area contributed by atoms with Gasteiger partial charge in [0.1, 0.15) is 17.5 Å². The minimum absolute atomic E-state index is 0.505. The lowest BCUT2D eigenvalue weighted by molar-refractivity contribution is 0.219. The Morgan fingerprint density at radius 2 is 1.90 bits per heavy atom. The predicted molar refractivity (Wildman–Crippen MR) is 85.2 cm³/mol. The summed E-state index contributed by atoms with van der Waals surface area (Å²) in [5.41, 5.74) is 2.65. The Balaban J connectivity index is 1.61. The summed E-state index contributed by atoms with van der Waals surface area (Å²) in [6, 6.07) is 2.41. The van der Waals surface area contributed by atoms with Crippen molar-refractivity contribution in [3.63, 3.8) is 0 Å². The highest BCUT2D eigenvalue weighted by atomic mass is 15.3. The molecular formula is C15H26N6. The van der Waals surface area contributed by atoms with E-state index in [9.17, 15) is 0 Å². The molecule has 0 unspecified atom stereocenters. The van der Waals surface area contributed by atoms with Crippen LogP contribution in [0, 0.1) is 0 Å². The van der Waals surface area contributed by atoms with Gasteiger partial charge in [0.2, 0.25) is 0 Å². The van der Waals surface area contributed by atoms with E-state index in [4.69, 9.17) is 5.84 Å². The maximum absolute atomic E-state index is 5.52. The van der Waals surface area contributed by atoms with E-state index in [1.807, 2.05) is 6.07 Å². The summed E-state index contributed by atoms with van der Waals surface area (Å²) in [7, 11) is 0. The molecule has 1 aliphatic carbocycles. The van der Waals surface area contributed by atoms with Crippen LogP contribution in [0.4, 0.5) is 11.6 Å². The molecule has 6 nitrogen and oxygen atoms in total. The van der Waals surface area contributed by atoms with E-state index < -0.39 is 0 Å². The largest absolute Gasteiger partial charge is 0.367 e. The first-order chi connectivity index (χ1) is 10.3. The van der Waals surface area contributed by atoms with Gasteiger partial charge in [0.05, 0.1) is 0 Å². The Morgan fingerprint density at radius 3 is 2.52 bits per heavy atom. The lowest BCUT2D eigenvalue weighted by atomic mass is 10.0. The monoisotopic (exact) mass is 290 g/mol. The first kappa shape index (κ1) is 14.5. The van der Waals surface area contributed by atoms with Gasteiger partial charge in [-0.3, -0.25) is 0 Å². The Labute approximate surface area is 126 Å². The van der Waals surface area contributed by atoms with Crippen LogP contribution < -0.4 is 16.6 Å². The number of nitrogens with one attached hydrogen (secondary N) is 2. The summed E-state index contributed by atoms with van der Waals surface area (Å²) in [6.07, 6.45) is 5.98. The van der Waals surface area contributed by atoms with E-state index >= 15 is 0 Å². The molecule has 6 heteroatoms. The Morgan fingerprint density at radius 1 is 1.19 bits per heavy atom. The molecule has 1 saturated heterocycles. The van der Waals surface area contributed by atoms with Crippen molar-refractivity contribution in [1.29, 1.82) is 0 Å². The van der Waals surface area contributed by atoms with E-state index in [0.29, 0.717) is 17.8 Å². The van der Waals surface area contributed by atoms with Gasteiger partial charge in [0.25, 0.3) is 0 Å². The van der Waals surface area contributed by atoms with Crippen molar-refractivity contribution in [2.75, 3.05) is 30.4 Å². The van der Waals surface area contributed by atoms with Gasteiger partial charge in [-0.05, 0) is 38.6 Å². The van der Waals surface area contributed by atoms with Crippen molar-refractivity contribution >= 4 is 11.6 Å². The standard InChI is InChI=1S/C15H26N6/c1-2-7-21-8-5-12(6-9-21)17-13-10-14(20-16)19-15(18-13)11-3-4-11/h10-12H,2-9,16H2,1H3,(H2,17,18,19,20). The molecule has 2 aliphatic rings. The van der Waals surface area contributed by atoms with Crippen LogP contribution in [0.1, 0.15) is 50.8 Å². The van der Waals surface area contributed by atoms with Gasteiger partial charge in [-0.1, -0.05) is 6.92 Å². The summed E-state index contributed by atoms with van der Waals surface area (Å²) in [5, 5.41) is 3.57. The number of likely N-dealkylation sites (tertiary alicyclic amines) is 1. The minimum atomic E-state index is 0.505. The number of rotatable bonds is 6. The average Bonchev–Trinajstić information content (AvgIpc) is 3.34. The topological polar surface area (TPSA) is 79.1 Å². The van der Waals surface area contributed by atoms with Crippen LogP contribution in [-0.4, -0.2) is 40.5 Å². The molecule has 1 aliphatic heterocycles. The number of anilines is 2. The second kappa shape index (κ2) is 6.58. The number of nitrogens with zero attached hydrogens (tertiary/aromatic N) is 3. The first-order valence-corrected chi connectivity index (χ1v) is 8.13. The number of nitrogens with two attached hydrogens (primary N) is 1. The number of nitrogen functional groups attached to an aromatic ring is 1. The van der Waals surface area contributed by atoms with Crippen molar-refractivity contribution in [2.24, 2.45) is 5.84 Å². The maximum atomic E-state index is 5.52. The summed E-state index contributed by atoms with van der Waals surface area (Å²) in [4.78, 5) is 11.7. The molecule has 0 spiro atoms. The highest BCUT2D eigenvalue weighted by Gasteiger charge is 2.28. The molecule has 0 amide bonds. The number of hydrogen-bond acceptors (Lipinski definition) is 6. The van der Waals surface area contributed by atoms with E-state index in [-0.39, 0.29) is 0 Å². The SMILES string of the molecule is CCCN1CCC(Nc2cc(NN)nc(C3CC3)n2)CC1. The van der Waals surface area contributed by atoms with Crippen LogP contribution in [0.3, 0.4) is 0 Å². The fraction of sp³-hybridized carbons (Fsp3) is 0.733. The molecule has 1 aromatic rings. The molecule has 1 saturated carbocycles. The molecule has 0 atom stereocenters. The van der Waals surface area contributed by atoms with Crippen molar-refractivity contribution in [2.45, 2.75) is 51.0 Å². The Hall–Kier alpha value is -1.40. The van der Waals surface area contributed by atoms with E-state index in [1.54, 1.807) is 0 Å². The van der Waals surface area contributed by atoms with Crippen LogP contribution in [-0.2, 0) is 0 Å². The van der Waals surface area contributed by atoms with Crippen molar-refractivity contribution < 1.29 is 0 Å². The average molecular weight is 290 g/mol. The molecule has 0 aromatic carbocycles. The van der Waals surface area contributed by atoms with Gasteiger partial charge in [0.15, 0.2) is 0 Å². The molecule has 3 rings (SSSR count). The van der Waals surface area contributed by atoms with E-state index in [1.165, 1.54) is 51.7 Å². The smallest absolute Gasteiger partial charge is 0.145 e. The summed E-state index contributed by atoms with van der Waals surface area (Å²) < 4.78 is 0. The van der Waals surface area contributed by atoms with E-state index in [2.05, 4.69) is 32.5 Å². The number of aromatic nitrogens is 2. The van der Waals surface area contributed by atoms with Gasteiger partial charge < -0.3 is 15.6 Å². The highest BCUT2D eigenvalue weighted by Crippen LogP contribution is 2.38. The van der Waals surface area contributed by atoms with E-state index in [0.717, 1.165) is 11.6 Å². The van der Waals surface area contributed by atoms with Crippen LogP contribution in [0.2, 0.25) is 0 Å². The van der Waals surface area contributed by atoms with Gasteiger partial charge in [0, 0.05) is 31.1 Å². The molecule has 21 heavy (non-hydrogen) atoms. The molecular weight excluding hydrogens is 264 g/mol. The maximum Gasteiger partial charge on any atom is 0.145 e. The molecule has 0 bridgehead atoms. The molecule has 2 fully saturated rings. The van der Waals surface area contributed by atoms with Crippen molar-refractivity contribution in [1.82, 2.24) is 14.9 Å². The highest BCUT2D eigenvalue weighted by molar-refractivity contribution is 5.48. The van der Waals surface area contributed by atoms with Crippen LogP contribution in [0.5, 0.6) is 0 Å². The third-order valence-corrected chi connectivity index (χ3v) is 4.31. The summed E-state index contributed by atoms with van der Waals surface area (Å²) in [5.74, 6) is 8.60. The zero-order valence-corrected chi connectivity index (χ0v) is 12.8. The quantitative estimate of drug-likeness (QED) is 0.549. The summed E-state index contributed by atoms with van der Waals surface area (Å²) in [6.45, 7) is 5.81.